The standard InChI is InChI=1S/C13H20N2O3/c1-13(2,3)12(17)14-8-4-5-11-9(6-8)10(7-16)15-18-11/h8,16H,4-7H2,1-3H3,(H,14,17). The Hall–Kier alpha value is -1.36. The summed E-state index contributed by atoms with van der Waals surface area (Å²) in [6, 6.07) is 0.105. The van der Waals surface area contributed by atoms with Crippen molar-refractivity contribution in [3.05, 3.63) is 17.0 Å². The van der Waals surface area contributed by atoms with Crippen LogP contribution >= 0.6 is 0 Å². The lowest BCUT2D eigenvalue weighted by Crippen LogP contribution is -2.44. The maximum Gasteiger partial charge on any atom is 0.225 e. The van der Waals surface area contributed by atoms with Crippen LogP contribution in [0.2, 0.25) is 0 Å². The Balaban J connectivity index is 2.05. The number of nitrogens with one attached hydrogen (secondary N) is 1. The zero-order chi connectivity index (χ0) is 13.3. The van der Waals surface area contributed by atoms with Crippen molar-refractivity contribution in [1.82, 2.24) is 10.5 Å². The van der Waals surface area contributed by atoms with E-state index in [0.29, 0.717) is 12.1 Å². The maximum absolute atomic E-state index is 11.9. The molecular formula is C13H20N2O3. The van der Waals surface area contributed by atoms with Crippen molar-refractivity contribution >= 4 is 5.91 Å². The molecule has 0 aromatic carbocycles. The van der Waals surface area contributed by atoms with Crippen molar-refractivity contribution in [3.8, 4) is 0 Å². The highest BCUT2D eigenvalue weighted by molar-refractivity contribution is 5.81. The van der Waals surface area contributed by atoms with Crippen molar-refractivity contribution in [3.63, 3.8) is 0 Å². The Morgan fingerprint density at radius 1 is 1.56 bits per heavy atom. The highest BCUT2D eigenvalue weighted by atomic mass is 16.5. The van der Waals surface area contributed by atoms with Gasteiger partial charge in [-0.3, -0.25) is 4.79 Å². The van der Waals surface area contributed by atoms with E-state index in [1.807, 2.05) is 20.8 Å². The van der Waals surface area contributed by atoms with Crippen LogP contribution in [0.25, 0.3) is 0 Å². The van der Waals surface area contributed by atoms with Gasteiger partial charge in [-0.1, -0.05) is 25.9 Å². The number of aryl methyl sites for hydroxylation is 1. The van der Waals surface area contributed by atoms with Crippen LogP contribution in [-0.4, -0.2) is 22.2 Å². The van der Waals surface area contributed by atoms with Gasteiger partial charge in [0.1, 0.15) is 11.5 Å². The quantitative estimate of drug-likeness (QED) is 0.829. The summed E-state index contributed by atoms with van der Waals surface area (Å²) in [5.41, 5.74) is 1.18. The van der Waals surface area contributed by atoms with Crippen LogP contribution in [-0.2, 0) is 24.2 Å². The molecule has 0 saturated carbocycles. The van der Waals surface area contributed by atoms with E-state index in [1.165, 1.54) is 0 Å². The van der Waals surface area contributed by atoms with Gasteiger partial charge in [-0.05, 0) is 12.8 Å². The van der Waals surface area contributed by atoms with E-state index in [-0.39, 0.29) is 24.0 Å². The SMILES string of the molecule is CC(C)(C)C(=O)NC1CCc2onc(CO)c2C1. The van der Waals surface area contributed by atoms with Crippen LogP contribution < -0.4 is 5.32 Å². The number of hydrogen-bond acceptors (Lipinski definition) is 4. The molecule has 1 heterocycles. The molecule has 1 atom stereocenters. The summed E-state index contributed by atoms with van der Waals surface area (Å²) in [6.07, 6.45) is 2.31. The van der Waals surface area contributed by atoms with Crippen LogP contribution in [0.3, 0.4) is 0 Å². The summed E-state index contributed by atoms with van der Waals surface area (Å²) in [5.74, 6) is 0.901. The lowest BCUT2D eigenvalue weighted by Gasteiger charge is -2.26. The van der Waals surface area contributed by atoms with Crippen LogP contribution in [0.4, 0.5) is 0 Å². The average molecular weight is 252 g/mol. The highest BCUT2D eigenvalue weighted by Crippen LogP contribution is 2.25. The number of nitrogens with zero attached hydrogens (tertiary/aromatic N) is 1. The molecule has 0 spiro atoms. The van der Waals surface area contributed by atoms with Gasteiger partial charge < -0.3 is 14.9 Å². The van der Waals surface area contributed by atoms with Crippen LogP contribution in [0.15, 0.2) is 4.52 Å². The monoisotopic (exact) mass is 252 g/mol. The molecule has 5 heteroatoms. The first kappa shape index (κ1) is 13.1. The molecule has 1 unspecified atom stereocenters. The van der Waals surface area contributed by atoms with Gasteiger partial charge in [-0.15, -0.1) is 0 Å². The van der Waals surface area contributed by atoms with Crippen molar-refractivity contribution in [1.29, 1.82) is 0 Å². The second-order valence-electron chi connectivity index (χ2n) is 5.85. The molecule has 0 aliphatic heterocycles. The van der Waals surface area contributed by atoms with E-state index in [4.69, 9.17) is 4.52 Å². The van der Waals surface area contributed by atoms with Gasteiger partial charge in [0.05, 0.1) is 6.61 Å². The summed E-state index contributed by atoms with van der Waals surface area (Å²) in [6.45, 7) is 5.58. The third-order valence-electron chi connectivity index (χ3n) is 3.29. The Kier molecular flexibility index (Phi) is 3.43. The highest BCUT2D eigenvalue weighted by Gasteiger charge is 2.29. The second kappa shape index (κ2) is 4.72. The minimum Gasteiger partial charge on any atom is -0.390 e. The van der Waals surface area contributed by atoms with Gasteiger partial charge in [0.25, 0.3) is 0 Å². The number of aliphatic hydroxyl groups is 1. The lowest BCUT2D eigenvalue weighted by atomic mass is 9.90. The molecule has 1 aromatic heterocycles. The fourth-order valence-corrected chi connectivity index (χ4v) is 2.11. The molecule has 1 amide bonds. The molecule has 1 aliphatic carbocycles. The first-order chi connectivity index (χ1) is 8.41. The number of carbonyl (C=O) groups excluding carboxylic acids is 1. The Morgan fingerprint density at radius 2 is 2.28 bits per heavy atom. The summed E-state index contributed by atoms with van der Waals surface area (Å²) in [5, 5.41) is 16.1. The number of amides is 1. The van der Waals surface area contributed by atoms with Gasteiger partial charge in [-0.25, -0.2) is 0 Å². The van der Waals surface area contributed by atoms with E-state index in [0.717, 1.165) is 24.2 Å². The molecular weight excluding hydrogens is 232 g/mol. The molecule has 100 valence electrons. The number of rotatable bonds is 2. The van der Waals surface area contributed by atoms with E-state index in [2.05, 4.69) is 10.5 Å². The first-order valence-corrected chi connectivity index (χ1v) is 6.30. The van der Waals surface area contributed by atoms with Gasteiger partial charge in [0.15, 0.2) is 0 Å². The van der Waals surface area contributed by atoms with Crippen molar-refractivity contribution < 1.29 is 14.4 Å². The molecule has 1 aliphatic rings. The minimum absolute atomic E-state index is 0.0537. The fraction of sp³-hybridized carbons (Fsp3) is 0.692. The van der Waals surface area contributed by atoms with Crippen LogP contribution in [0, 0.1) is 5.41 Å². The normalized spacial score (nSPS) is 19.4. The lowest BCUT2D eigenvalue weighted by molar-refractivity contribution is -0.129. The predicted molar refractivity (Wildman–Crippen MR) is 65.8 cm³/mol. The Labute approximate surface area is 107 Å². The summed E-state index contributed by atoms with van der Waals surface area (Å²) in [7, 11) is 0. The van der Waals surface area contributed by atoms with Crippen LogP contribution in [0.5, 0.6) is 0 Å². The van der Waals surface area contributed by atoms with Gasteiger partial charge in [-0.2, -0.15) is 0 Å². The van der Waals surface area contributed by atoms with Crippen LogP contribution in [0.1, 0.15) is 44.2 Å². The largest absolute Gasteiger partial charge is 0.390 e. The number of fused-ring (bicyclic) bond motifs is 1. The van der Waals surface area contributed by atoms with Crippen molar-refractivity contribution in [2.45, 2.75) is 52.7 Å². The number of hydrogen-bond donors (Lipinski definition) is 2. The molecule has 2 rings (SSSR count). The molecule has 2 N–H and O–H groups in total. The predicted octanol–water partition coefficient (Wildman–Crippen LogP) is 1.19. The van der Waals surface area contributed by atoms with E-state index < -0.39 is 0 Å². The van der Waals surface area contributed by atoms with Crippen molar-refractivity contribution in [2.24, 2.45) is 5.41 Å². The zero-order valence-electron chi connectivity index (χ0n) is 11.1. The zero-order valence-corrected chi connectivity index (χ0v) is 11.1. The Morgan fingerprint density at radius 3 is 2.89 bits per heavy atom. The molecule has 18 heavy (non-hydrogen) atoms. The van der Waals surface area contributed by atoms with E-state index in [1.54, 1.807) is 0 Å². The average Bonchev–Trinajstić information content (AvgIpc) is 2.70. The number of aliphatic hydroxyl groups excluding tert-OH is 1. The molecule has 0 bridgehead atoms. The minimum atomic E-state index is -0.380. The molecule has 1 aromatic rings. The first-order valence-electron chi connectivity index (χ1n) is 6.30. The van der Waals surface area contributed by atoms with Crippen molar-refractivity contribution in [2.75, 3.05) is 0 Å². The molecule has 0 radical (unpaired) electrons. The maximum atomic E-state index is 11.9. The number of aromatic nitrogens is 1. The molecule has 0 fully saturated rings. The Bertz CT molecular complexity index is 432. The van der Waals surface area contributed by atoms with E-state index >= 15 is 0 Å². The second-order valence-corrected chi connectivity index (χ2v) is 5.85. The smallest absolute Gasteiger partial charge is 0.225 e. The fourth-order valence-electron chi connectivity index (χ4n) is 2.11. The van der Waals surface area contributed by atoms with Gasteiger partial charge >= 0.3 is 0 Å². The van der Waals surface area contributed by atoms with Gasteiger partial charge in [0.2, 0.25) is 5.91 Å². The molecule has 0 saturated heterocycles. The summed E-state index contributed by atoms with van der Waals surface area (Å²) in [4.78, 5) is 11.9. The number of carbonyl (C=O) groups is 1. The third-order valence-corrected chi connectivity index (χ3v) is 3.29. The third kappa shape index (κ3) is 2.56. The topological polar surface area (TPSA) is 75.4 Å². The summed E-state index contributed by atoms with van der Waals surface area (Å²) >= 11 is 0. The molecule has 5 nitrogen and oxygen atoms in total. The van der Waals surface area contributed by atoms with E-state index in [9.17, 15) is 9.90 Å². The summed E-state index contributed by atoms with van der Waals surface area (Å²) < 4.78 is 5.18. The van der Waals surface area contributed by atoms with Gasteiger partial charge in [0, 0.05) is 23.4 Å².